The van der Waals surface area contributed by atoms with Crippen molar-refractivity contribution < 1.29 is 4.79 Å². The van der Waals surface area contributed by atoms with E-state index < -0.39 is 0 Å². The second kappa shape index (κ2) is 5.35. The number of hydrogen-bond donors (Lipinski definition) is 1. The molecule has 0 aliphatic carbocycles. The van der Waals surface area contributed by atoms with Gasteiger partial charge >= 0.3 is 0 Å². The standard InChI is InChI=1S/C10H15NO/c1-8(2)6-4-5-7-9(3)10(11)12/h4-7H,1-3H3,(H2,11,12)/b5-4+,9-7+. The Morgan fingerprint density at radius 3 is 2.00 bits per heavy atom. The summed E-state index contributed by atoms with van der Waals surface area (Å²) in [5, 5.41) is 0. The molecular weight excluding hydrogens is 150 g/mol. The molecule has 0 fully saturated rings. The molecule has 0 aromatic rings. The summed E-state index contributed by atoms with van der Waals surface area (Å²) in [6, 6.07) is 0. The monoisotopic (exact) mass is 165 g/mol. The van der Waals surface area contributed by atoms with Crippen molar-refractivity contribution in [3.8, 4) is 0 Å². The van der Waals surface area contributed by atoms with Crippen LogP contribution < -0.4 is 5.73 Å². The van der Waals surface area contributed by atoms with E-state index in [0.717, 1.165) is 0 Å². The van der Waals surface area contributed by atoms with E-state index in [1.54, 1.807) is 19.1 Å². The second-order valence-electron chi connectivity index (χ2n) is 2.84. The summed E-state index contributed by atoms with van der Waals surface area (Å²) in [5.74, 6) is -0.378. The van der Waals surface area contributed by atoms with Crippen molar-refractivity contribution in [3.05, 3.63) is 35.5 Å². The molecule has 0 aromatic carbocycles. The van der Waals surface area contributed by atoms with Crippen LogP contribution in [0.5, 0.6) is 0 Å². The van der Waals surface area contributed by atoms with Crippen LogP contribution in [0.3, 0.4) is 0 Å². The second-order valence-corrected chi connectivity index (χ2v) is 2.84. The van der Waals surface area contributed by atoms with Crippen LogP contribution in [0.2, 0.25) is 0 Å². The van der Waals surface area contributed by atoms with Gasteiger partial charge in [0.1, 0.15) is 0 Å². The summed E-state index contributed by atoms with van der Waals surface area (Å²) in [6.07, 6.45) is 7.33. The Labute approximate surface area is 73.5 Å². The summed E-state index contributed by atoms with van der Waals surface area (Å²) in [4.78, 5) is 10.5. The summed E-state index contributed by atoms with van der Waals surface area (Å²) in [5.41, 5.74) is 6.80. The molecule has 0 aliphatic rings. The van der Waals surface area contributed by atoms with Gasteiger partial charge in [0.25, 0.3) is 0 Å². The van der Waals surface area contributed by atoms with Gasteiger partial charge in [-0.05, 0) is 20.8 Å². The molecule has 2 N–H and O–H groups in total. The third-order valence-electron chi connectivity index (χ3n) is 1.28. The smallest absolute Gasteiger partial charge is 0.244 e. The predicted molar refractivity (Wildman–Crippen MR) is 51.5 cm³/mol. The topological polar surface area (TPSA) is 43.1 Å². The summed E-state index contributed by atoms with van der Waals surface area (Å²) in [6.45, 7) is 5.71. The van der Waals surface area contributed by atoms with Gasteiger partial charge in [0.2, 0.25) is 5.91 Å². The van der Waals surface area contributed by atoms with Gasteiger partial charge in [-0.2, -0.15) is 0 Å². The van der Waals surface area contributed by atoms with E-state index in [4.69, 9.17) is 5.73 Å². The van der Waals surface area contributed by atoms with Gasteiger partial charge in [-0.1, -0.05) is 29.9 Å². The molecule has 0 unspecified atom stereocenters. The van der Waals surface area contributed by atoms with Gasteiger partial charge < -0.3 is 5.73 Å². The lowest BCUT2D eigenvalue weighted by atomic mass is 10.2. The summed E-state index contributed by atoms with van der Waals surface area (Å²) >= 11 is 0. The minimum Gasteiger partial charge on any atom is -0.366 e. The highest BCUT2D eigenvalue weighted by Crippen LogP contribution is 1.93. The summed E-state index contributed by atoms with van der Waals surface area (Å²) in [7, 11) is 0. The largest absolute Gasteiger partial charge is 0.366 e. The van der Waals surface area contributed by atoms with E-state index in [-0.39, 0.29) is 5.91 Å². The van der Waals surface area contributed by atoms with Gasteiger partial charge in [-0.15, -0.1) is 0 Å². The Morgan fingerprint density at radius 2 is 1.58 bits per heavy atom. The number of hydrogen-bond acceptors (Lipinski definition) is 1. The lowest BCUT2D eigenvalue weighted by Gasteiger charge is -1.88. The molecule has 0 aromatic heterocycles. The average Bonchev–Trinajstić information content (AvgIpc) is 1.97. The molecule has 0 saturated heterocycles. The molecule has 66 valence electrons. The highest BCUT2D eigenvalue weighted by molar-refractivity contribution is 5.91. The third kappa shape index (κ3) is 5.47. The Hall–Kier alpha value is -1.31. The minimum absolute atomic E-state index is 0.378. The quantitative estimate of drug-likeness (QED) is 0.504. The van der Waals surface area contributed by atoms with E-state index in [1.807, 2.05) is 26.0 Å². The molecule has 1 amide bonds. The first-order valence-corrected chi connectivity index (χ1v) is 3.82. The number of rotatable bonds is 3. The minimum atomic E-state index is -0.378. The molecule has 0 radical (unpaired) electrons. The maximum absolute atomic E-state index is 10.5. The molecular formula is C10H15NO. The zero-order chi connectivity index (χ0) is 9.56. The van der Waals surface area contributed by atoms with Crippen LogP contribution in [0, 0.1) is 0 Å². The Morgan fingerprint density at radius 1 is 1.08 bits per heavy atom. The molecule has 0 atom stereocenters. The molecule has 0 aliphatic heterocycles. The van der Waals surface area contributed by atoms with Gasteiger partial charge in [-0.3, -0.25) is 4.79 Å². The highest BCUT2D eigenvalue weighted by atomic mass is 16.1. The van der Waals surface area contributed by atoms with Gasteiger partial charge in [0, 0.05) is 5.57 Å². The number of carbonyl (C=O) groups excluding carboxylic acids is 1. The maximum Gasteiger partial charge on any atom is 0.244 e. The van der Waals surface area contributed by atoms with Crippen LogP contribution in [0.25, 0.3) is 0 Å². The number of allylic oxidation sites excluding steroid dienone is 5. The lowest BCUT2D eigenvalue weighted by Crippen LogP contribution is -2.11. The van der Waals surface area contributed by atoms with E-state index in [0.29, 0.717) is 5.57 Å². The van der Waals surface area contributed by atoms with Crippen molar-refractivity contribution in [1.82, 2.24) is 0 Å². The van der Waals surface area contributed by atoms with Crippen molar-refractivity contribution in [2.24, 2.45) is 5.73 Å². The van der Waals surface area contributed by atoms with Crippen molar-refractivity contribution >= 4 is 5.91 Å². The van der Waals surface area contributed by atoms with E-state index in [1.165, 1.54) is 5.57 Å². The average molecular weight is 165 g/mol. The zero-order valence-electron chi connectivity index (χ0n) is 7.79. The molecule has 2 heteroatoms. The first-order valence-electron chi connectivity index (χ1n) is 3.82. The first-order chi connectivity index (χ1) is 5.54. The maximum atomic E-state index is 10.5. The van der Waals surface area contributed by atoms with Crippen LogP contribution in [0.1, 0.15) is 20.8 Å². The molecule has 0 heterocycles. The molecule has 0 saturated carbocycles. The van der Waals surface area contributed by atoms with Crippen molar-refractivity contribution in [1.29, 1.82) is 0 Å². The van der Waals surface area contributed by atoms with Crippen LogP contribution >= 0.6 is 0 Å². The fraction of sp³-hybridized carbons (Fsp3) is 0.300. The number of primary amides is 1. The van der Waals surface area contributed by atoms with Gasteiger partial charge in [0.05, 0.1) is 0 Å². The SMILES string of the molecule is CC(C)=C/C=C/C=C(\C)C(N)=O. The van der Waals surface area contributed by atoms with Crippen molar-refractivity contribution in [2.75, 3.05) is 0 Å². The molecule has 0 rings (SSSR count). The number of nitrogens with two attached hydrogens (primary N) is 1. The van der Waals surface area contributed by atoms with Gasteiger partial charge in [-0.25, -0.2) is 0 Å². The van der Waals surface area contributed by atoms with Crippen LogP contribution in [0.4, 0.5) is 0 Å². The predicted octanol–water partition coefficient (Wildman–Crippen LogP) is 1.94. The van der Waals surface area contributed by atoms with E-state index >= 15 is 0 Å². The normalized spacial score (nSPS) is 11.8. The molecule has 0 bridgehead atoms. The Balaban J connectivity index is 4.13. The number of amides is 1. The molecule has 2 nitrogen and oxygen atoms in total. The number of carbonyl (C=O) groups is 1. The van der Waals surface area contributed by atoms with Crippen LogP contribution in [-0.2, 0) is 4.79 Å². The first kappa shape index (κ1) is 10.7. The Kier molecular flexibility index (Phi) is 4.77. The fourth-order valence-electron chi connectivity index (χ4n) is 0.530. The van der Waals surface area contributed by atoms with Crippen LogP contribution in [-0.4, -0.2) is 5.91 Å². The Bertz CT molecular complexity index is 243. The van der Waals surface area contributed by atoms with E-state index in [9.17, 15) is 4.79 Å². The third-order valence-corrected chi connectivity index (χ3v) is 1.28. The lowest BCUT2D eigenvalue weighted by molar-refractivity contribution is -0.114. The van der Waals surface area contributed by atoms with Crippen molar-refractivity contribution in [3.63, 3.8) is 0 Å². The highest BCUT2D eigenvalue weighted by Gasteiger charge is 1.91. The fourth-order valence-corrected chi connectivity index (χ4v) is 0.530. The van der Waals surface area contributed by atoms with E-state index in [2.05, 4.69) is 0 Å². The van der Waals surface area contributed by atoms with Gasteiger partial charge in [0.15, 0.2) is 0 Å². The zero-order valence-corrected chi connectivity index (χ0v) is 7.79. The van der Waals surface area contributed by atoms with Crippen LogP contribution in [0.15, 0.2) is 35.5 Å². The summed E-state index contributed by atoms with van der Waals surface area (Å²) < 4.78 is 0. The van der Waals surface area contributed by atoms with Crippen molar-refractivity contribution in [2.45, 2.75) is 20.8 Å². The molecule has 0 spiro atoms. The molecule has 12 heavy (non-hydrogen) atoms.